The van der Waals surface area contributed by atoms with Crippen molar-refractivity contribution in [1.82, 2.24) is 15.5 Å². The molecule has 1 N–H and O–H groups in total. The second-order valence-electron chi connectivity index (χ2n) is 7.32. The summed E-state index contributed by atoms with van der Waals surface area (Å²) in [5.41, 5.74) is 1.26. The van der Waals surface area contributed by atoms with Crippen LogP contribution in [-0.2, 0) is 11.3 Å². The van der Waals surface area contributed by atoms with E-state index in [2.05, 4.69) is 15.5 Å². The first kappa shape index (κ1) is 20.0. The molecule has 1 aromatic heterocycles. The molecule has 3 aromatic rings. The molecule has 1 aliphatic rings. The molecule has 1 saturated carbocycles. The number of carbonyl (C=O) groups excluding carboxylic acids is 1. The monoisotopic (exact) mass is 427 g/mol. The summed E-state index contributed by atoms with van der Waals surface area (Å²) in [6.07, 6.45) is 3.73. The zero-order valence-electron chi connectivity index (χ0n) is 16.2. The van der Waals surface area contributed by atoms with Gasteiger partial charge in [-0.1, -0.05) is 41.7 Å². The molecule has 1 fully saturated rings. The van der Waals surface area contributed by atoms with Crippen molar-refractivity contribution in [3.8, 4) is 0 Å². The van der Waals surface area contributed by atoms with Crippen molar-refractivity contribution in [3.63, 3.8) is 0 Å². The Morgan fingerprint density at radius 1 is 1.14 bits per heavy atom. The number of hydrogen-bond acceptors (Lipinski definition) is 5. The van der Waals surface area contributed by atoms with Crippen LogP contribution >= 0.6 is 23.4 Å². The number of aromatic nitrogens is 2. The maximum Gasteiger partial charge on any atom is 0.252 e. The third kappa shape index (κ3) is 4.65. The Morgan fingerprint density at radius 3 is 2.45 bits per heavy atom. The molecule has 1 amide bonds. The molecular weight excluding hydrogens is 406 g/mol. The van der Waals surface area contributed by atoms with Crippen molar-refractivity contribution in [2.24, 2.45) is 0 Å². The Labute approximate surface area is 179 Å². The van der Waals surface area contributed by atoms with Crippen molar-refractivity contribution in [3.05, 3.63) is 76.4 Å². The normalized spacial score (nSPS) is 15.4. The van der Waals surface area contributed by atoms with Crippen LogP contribution in [0.25, 0.3) is 0 Å². The van der Waals surface area contributed by atoms with E-state index < -0.39 is 5.54 Å². The first-order chi connectivity index (χ1) is 14.0. The minimum absolute atomic E-state index is 0.105. The van der Waals surface area contributed by atoms with Crippen molar-refractivity contribution in [2.45, 2.75) is 48.8 Å². The van der Waals surface area contributed by atoms with Crippen LogP contribution in [0.4, 0.5) is 0 Å². The van der Waals surface area contributed by atoms with Gasteiger partial charge in [-0.15, -0.1) is 11.8 Å². The molecule has 1 aliphatic carbocycles. The Hall–Kier alpha value is -2.31. The van der Waals surface area contributed by atoms with Crippen LogP contribution < -0.4 is 5.32 Å². The second kappa shape index (κ2) is 8.59. The average molecular weight is 428 g/mol. The van der Waals surface area contributed by atoms with Gasteiger partial charge in [0.15, 0.2) is 5.82 Å². The smallest absolute Gasteiger partial charge is 0.252 e. The largest absolute Gasteiger partial charge is 0.340 e. The highest BCUT2D eigenvalue weighted by atomic mass is 35.5. The predicted molar refractivity (Wildman–Crippen MR) is 114 cm³/mol. The molecule has 0 unspecified atom stereocenters. The van der Waals surface area contributed by atoms with Crippen molar-refractivity contribution in [1.29, 1.82) is 0 Å². The van der Waals surface area contributed by atoms with Gasteiger partial charge in [-0.25, -0.2) is 0 Å². The molecule has 2 aromatic carbocycles. The zero-order chi connectivity index (χ0) is 20.3. The summed E-state index contributed by atoms with van der Waals surface area (Å²) in [6.45, 7) is 1.77. The quantitative estimate of drug-likeness (QED) is 0.524. The van der Waals surface area contributed by atoms with Gasteiger partial charge >= 0.3 is 0 Å². The SMILES string of the molecule is Cc1nc(C2(NC(=O)c3ccc(CSc4ccc(Cl)cc4)cc3)CCCC2)no1. The average Bonchev–Trinajstić information content (AvgIpc) is 3.38. The van der Waals surface area contributed by atoms with E-state index in [1.54, 1.807) is 18.7 Å². The third-order valence-electron chi connectivity index (χ3n) is 5.20. The number of benzene rings is 2. The van der Waals surface area contributed by atoms with Gasteiger partial charge in [0.25, 0.3) is 5.91 Å². The number of thioether (sulfide) groups is 1. The number of rotatable bonds is 6. The maximum atomic E-state index is 12.9. The minimum atomic E-state index is -0.530. The van der Waals surface area contributed by atoms with E-state index >= 15 is 0 Å². The van der Waals surface area contributed by atoms with Gasteiger partial charge in [0.2, 0.25) is 5.89 Å². The first-order valence-electron chi connectivity index (χ1n) is 9.65. The molecule has 0 atom stereocenters. The summed E-state index contributed by atoms with van der Waals surface area (Å²) in [7, 11) is 0. The Kier molecular flexibility index (Phi) is 5.92. The van der Waals surface area contributed by atoms with Crippen LogP contribution in [0.1, 0.15) is 53.3 Å². The van der Waals surface area contributed by atoms with Crippen LogP contribution in [0.5, 0.6) is 0 Å². The van der Waals surface area contributed by atoms with E-state index in [9.17, 15) is 4.79 Å². The lowest BCUT2D eigenvalue weighted by atomic mass is 9.95. The fraction of sp³-hybridized carbons (Fsp3) is 0.318. The number of carbonyl (C=O) groups is 1. The maximum absolute atomic E-state index is 12.9. The number of amides is 1. The van der Waals surface area contributed by atoms with Crippen LogP contribution in [0.2, 0.25) is 5.02 Å². The summed E-state index contributed by atoms with van der Waals surface area (Å²) < 4.78 is 5.15. The van der Waals surface area contributed by atoms with E-state index in [0.717, 1.165) is 46.9 Å². The van der Waals surface area contributed by atoms with Crippen LogP contribution in [-0.4, -0.2) is 16.0 Å². The Morgan fingerprint density at radius 2 is 1.83 bits per heavy atom. The number of halogens is 1. The van der Waals surface area contributed by atoms with E-state index in [1.807, 2.05) is 48.5 Å². The third-order valence-corrected chi connectivity index (χ3v) is 6.54. The molecule has 0 spiro atoms. The van der Waals surface area contributed by atoms with Crippen LogP contribution in [0.15, 0.2) is 57.9 Å². The van der Waals surface area contributed by atoms with E-state index in [4.69, 9.17) is 16.1 Å². The summed E-state index contributed by atoms with van der Waals surface area (Å²) in [6, 6.07) is 15.5. The Balaban J connectivity index is 1.41. The van der Waals surface area contributed by atoms with Gasteiger partial charge in [0.05, 0.1) is 0 Å². The van der Waals surface area contributed by atoms with Gasteiger partial charge in [-0.05, 0) is 54.8 Å². The van der Waals surface area contributed by atoms with Gasteiger partial charge in [0, 0.05) is 28.2 Å². The number of nitrogens with zero attached hydrogens (tertiary/aromatic N) is 2. The lowest BCUT2D eigenvalue weighted by Crippen LogP contribution is -2.44. The van der Waals surface area contributed by atoms with E-state index in [-0.39, 0.29) is 5.91 Å². The van der Waals surface area contributed by atoms with Crippen molar-refractivity contribution in [2.75, 3.05) is 0 Å². The molecule has 7 heteroatoms. The molecule has 0 bridgehead atoms. The fourth-order valence-electron chi connectivity index (χ4n) is 3.62. The van der Waals surface area contributed by atoms with Gasteiger partial charge in [-0.3, -0.25) is 4.79 Å². The number of hydrogen-bond donors (Lipinski definition) is 1. The summed E-state index contributed by atoms with van der Waals surface area (Å²) in [4.78, 5) is 18.4. The topological polar surface area (TPSA) is 68.0 Å². The zero-order valence-corrected chi connectivity index (χ0v) is 17.7. The van der Waals surface area contributed by atoms with Crippen LogP contribution in [0, 0.1) is 6.92 Å². The lowest BCUT2D eigenvalue weighted by molar-refractivity contribution is 0.0892. The molecule has 1 heterocycles. The first-order valence-corrected chi connectivity index (χ1v) is 11.0. The van der Waals surface area contributed by atoms with Crippen molar-refractivity contribution >= 4 is 29.3 Å². The standard InChI is InChI=1S/C22H22ClN3O2S/c1-15-24-21(26-28-15)22(12-2-3-13-22)25-20(27)17-6-4-16(5-7-17)14-29-19-10-8-18(23)9-11-19/h4-11H,2-3,12-14H2,1H3,(H,25,27). The molecule has 150 valence electrons. The second-order valence-corrected chi connectivity index (χ2v) is 8.81. The predicted octanol–water partition coefficient (Wildman–Crippen LogP) is 5.52. The highest BCUT2D eigenvalue weighted by Gasteiger charge is 2.41. The van der Waals surface area contributed by atoms with Gasteiger partial charge in [-0.2, -0.15) is 4.98 Å². The molecule has 0 saturated heterocycles. The Bertz CT molecular complexity index is 980. The van der Waals surface area contributed by atoms with Crippen molar-refractivity contribution < 1.29 is 9.32 Å². The molecule has 0 radical (unpaired) electrons. The molecule has 0 aliphatic heterocycles. The highest BCUT2D eigenvalue weighted by Crippen LogP contribution is 2.37. The highest BCUT2D eigenvalue weighted by molar-refractivity contribution is 7.98. The lowest BCUT2D eigenvalue weighted by Gasteiger charge is -2.26. The van der Waals surface area contributed by atoms with Gasteiger partial charge in [0.1, 0.15) is 5.54 Å². The number of nitrogens with one attached hydrogen (secondary N) is 1. The van der Waals surface area contributed by atoms with Gasteiger partial charge < -0.3 is 9.84 Å². The number of aryl methyl sites for hydroxylation is 1. The summed E-state index contributed by atoms with van der Waals surface area (Å²) in [5, 5.41) is 7.99. The molecule has 29 heavy (non-hydrogen) atoms. The molecule has 4 rings (SSSR count). The van der Waals surface area contributed by atoms with Crippen LogP contribution in [0.3, 0.4) is 0 Å². The molecule has 5 nitrogen and oxygen atoms in total. The minimum Gasteiger partial charge on any atom is -0.340 e. The van der Waals surface area contributed by atoms with E-state index in [1.165, 1.54) is 0 Å². The fourth-order valence-corrected chi connectivity index (χ4v) is 4.60. The molecular formula is C22H22ClN3O2S. The summed E-state index contributed by atoms with van der Waals surface area (Å²) >= 11 is 7.66. The van der Waals surface area contributed by atoms with E-state index in [0.29, 0.717) is 17.3 Å². The summed E-state index contributed by atoms with van der Waals surface area (Å²) in [5.74, 6) is 1.82.